The van der Waals surface area contributed by atoms with Crippen molar-refractivity contribution >= 4 is 17.9 Å². The number of aliphatic hydroxyl groups is 6. The second-order valence-electron chi connectivity index (χ2n) is 15.5. The Balaban J connectivity index is 1.62. The zero-order valence-corrected chi connectivity index (χ0v) is 33.5. The number of esters is 1. The topological polar surface area (TPSA) is 289 Å². The minimum atomic E-state index is -2.93. The van der Waals surface area contributed by atoms with Gasteiger partial charge in [0.25, 0.3) is 0 Å². The van der Waals surface area contributed by atoms with Crippen molar-refractivity contribution in [3.63, 3.8) is 0 Å². The maximum absolute atomic E-state index is 14.1. The van der Waals surface area contributed by atoms with Crippen LogP contribution in [0.3, 0.4) is 0 Å². The van der Waals surface area contributed by atoms with Crippen LogP contribution in [0, 0.1) is 11.8 Å². The molecule has 0 aromatic carbocycles. The zero-order chi connectivity index (χ0) is 42.5. The average molecular weight is 837 g/mol. The number of aliphatic carboxylic acids is 1. The van der Waals surface area contributed by atoms with E-state index in [0.29, 0.717) is 29.7 Å². The summed E-state index contributed by atoms with van der Waals surface area (Å²) in [6, 6.07) is 0. The number of nitrogens with two attached hydrogens (primary N) is 1. The number of ether oxygens (including phenoxy) is 5. The average Bonchev–Trinajstić information content (AvgIpc) is 3.73. The highest BCUT2D eigenvalue weighted by atomic mass is 16.8. The molecule has 5 rings (SSSR count). The predicted octanol–water partition coefficient (Wildman–Crippen LogP) is -1.87. The van der Waals surface area contributed by atoms with Crippen LogP contribution >= 0.6 is 0 Å². The molecule has 3 fully saturated rings. The molecule has 19 nitrogen and oxygen atoms in total. The number of rotatable bonds is 18. The van der Waals surface area contributed by atoms with E-state index in [2.05, 4.69) is 15.6 Å². The molecule has 0 spiro atoms. The van der Waals surface area contributed by atoms with E-state index in [1.54, 1.807) is 19.2 Å². The SMILES string of the molecule is CNCOC1C(OC2OC=C(C(=O)OC3CCCC3)C(C=CC3=C(NC(N)=NCCCO)C(C(=O)O)=C[NH+](CCO)C3)C2C=C2CCCCC2)OC(CO)C(O)C1(O)O. The second-order valence-corrected chi connectivity index (χ2v) is 15.5. The van der Waals surface area contributed by atoms with Gasteiger partial charge in [-0.3, -0.25) is 10.3 Å². The van der Waals surface area contributed by atoms with Gasteiger partial charge in [-0.15, -0.1) is 0 Å². The summed E-state index contributed by atoms with van der Waals surface area (Å²) in [5.41, 5.74) is 7.92. The van der Waals surface area contributed by atoms with Gasteiger partial charge in [0.05, 0.1) is 43.4 Å². The molecule has 0 aromatic heterocycles. The van der Waals surface area contributed by atoms with Crippen LogP contribution < -0.4 is 21.3 Å². The number of allylic oxidation sites excluding steroid dienone is 2. The summed E-state index contributed by atoms with van der Waals surface area (Å²) >= 11 is 0. The summed E-state index contributed by atoms with van der Waals surface area (Å²) in [5, 5.41) is 78.0. The minimum absolute atomic E-state index is 0.0741. The Hall–Kier alpha value is -3.73. The number of carboxylic acids is 1. The number of hydrogen-bond donors (Lipinski definition) is 11. The molecule has 0 radical (unpaired) electrons. The number of carboxylic acid groups (broad SMARTS) is 1. The third kappa shape index (κ3) is 12.0. The second kappa shape index (κ2) is 22.2. The van der Waals surface area contributed by atoms with Crippen molar-refractivity contribution < 1.29 is 73.9 Å². The first kappa shape index (κ1) is 46.3. The van der Waals surface area contributed by atoms with E-state index in [0.717, 1.165) is 50.5 Å². The van der Waals surface area contributed by atoms with Crippen LogP contribution in [0.15, 0.2) is 63.7 Å². The number of hydrogen-bond acceptors (Lipinski definition) is 15. The van der Waals surface area contributed by atoms with E-state index < -0.39 is 67.1 Å². The number of carbonyl (C=O) groups excluding carboxylic acids is 1. The fourth-order valence-electron chi connectivity index (χ4n) is 8.04. The van der Waals surface area contributed by atoms with Crippen molar-refractivity contribution in [1.29, 1.82) is 0 Å². The smallest absolute Gasteiger partial charge is 0.343 e. The van der Waals surface area contributed by atoms with E-state index in [1.165, 1.54) is 12.5 Å². The van der Waals surface area contributed by atoms with E-state index in [1.807, 2.05) is 6.08 Å². The Morgan fingerprint density at radius 1 is 1.08 bits per heavy atom. The summed E-state index contributed by atoms with van der Waals surface area (Å²) in [6.45, 7) is -0.719. The highest BCUT2D eigenvalue weighted by Crippen LogP contribution is 2.40. The quantitative estimate of drug-likeness (QED) is 0.0180. The Morgan fingerprint density at radius 3 is 2.49 bits per heavy atom. The molecule has 3 aliphatic heterocycles. The number of nitrogens with one attached hydrogen (secondary N) is 3. The number of aliphatic hydroxyl groups excluding tert-OH is 4. The molecule has 3 heterocycles. The molecular formula is C40H62N5O14+. The van der Waals surface area contributed by atoms with Crippen LogP contribution in [-0.2, 0) is 33.3 Å². The van der Waals surface area contributed by atoms with E-state index >= 15 is 0 Å². The van der Waals surface area contributed by atoms with Crippen LogP contribution in [0.1, 0.15) is 64.2 Å². The van der Waals surface area contributed by atoms with Gasteiger partial charge in [-0.1, -0.05) is 30.2 Å². The van der Waals surface area contributed by atoms with Crippen LogP contribution in [0.25, 0.3) is 0 Å². The van der Waals surface area contributed by atoms with Gasteiger partial charge in [-0.25, -0.2) is 9.59 Å². The highest BCUT2D eigenvalue weighted by Gasteiger charge is 2.57. The molecule has 2 saturated carbocycles. The van der Waals surface area contributed by atoms with Gasteiger partial charge in [0.2, 0.25) is 12.1 Å². The van der Waals surface area contributed by atoms with Gasteiger partial charge in [0, 0.05) is 24.6 Å². The summed E-state index contributed by atoms with van der Waals surface area (Å²) in [7, 11) is 1.56. The van der Waals surface area contributed by atoms with Gasteiger partial charge in [-0.05, 0) is 64.8 Å². The molecule has 8 atom stereocenters. The number of carbonyl (C=O) groups is 2. The molecule has 5 aliphatic rings. The number of aliphatic imine (C=N–C) groups is 1. The minimum Gasteiger partial charge on any atom is -0.477 e. The lowest BCUT2D eigenvalue weighted by molar-refractivity contribution is -0.843. The fraction of sp³-hybridized carbons (Fsp3) is 0.675. The summed E-state index contributed by atoms with van der Waals surface area (Å²) < 4.78 is 30.1. The van der Waals surface area contributed by atoms with Crippen LogP contribution in [-0.4, -0.2) is 150 Å². The molecular weight excluding hydrogens is 774 g/mol. The first-order chi connectivity index (χ1) is 28.4. The third-order valence-corrected chi connectivity index (χ3v) is 11.1. The Labute approximate surface area is 343 Å². The fourth-order valence-corrected chi connectivity index (χ4v) is 8.04. The van der Waals surface area contributed by atoms with Crippen molar-refractivity contribution in [3.8, 4) is 0 Å². The molecule has 330 valence electrons. The van der Waals surface area contributed by atoms with Gasteiger partial charge in [0.1, 0.15) is 43.2 Å². The van der Waals surface area contributed by atoms with E-state index in [4.69, 9.17) is 29.4 Å². The molecule has 2 aliphatic carbocycles. The first-order valence-corrected chi connectivity index (χ1v) is 20.5. The lowest BCUT2D eigenvalue weighted by Gasteiger charge is -2.47. The first-order valence-electron chi connectivity index (χ1n) is 20.5. The monoisotopic (exact) mass is 836 g/mol. The maximum Gasteiger partial charge on any atom is 0.343 e. The highest BCUT2D eigenvalue weighted by molar-refractivity contribution is 5.94. The molecule has 8 unspecified atom stereocenters. The molecule has 19 heteroatoms. The van der Waals surface area contributed by atoms with Crippen LogP contribution in [0.4, 0.5) is 0 Å². The van der Waals surface area contributed by atoms with Gasteiger partial charge in [0.15, 0.2) is 18.4 Å². The standard InChI is InChI=1S/C40H61N5O14/c1-42-23-56-34-38(58-31(21-48)33(49)40(34,53)54)59-37-28(18-24-8-3-2-4-9-24)27(30(22-55-37)36(52)57-26-10-5-6-11-26)13-12-25-19-45(15-17-47)20-29(35(50)51)32(25)44-39(41)43-14-7-16-46/h12-13,18,20,22,26-28,31,33-34,37-38,42,46-49,53-54H,2-11,14-17,19,21,23H2,1H3,(H,50,51)(H3,41,43,44)/p+1. The normalized spacial score (nSPS) is 30.5. The molecule has 0 aromatic rings. The molecule has 59 heavy (non-hydrogen) atoms. The lowest BCUT2D eigenvalue weighted by atomic mass is 9.80. The molecule has 0 amide bonds. The van der Waals surface area contributed by atoms with Crippen molar-refractivity contribution in [3.05, 3.63) is 58.7 Å². The Morgan fingerprint density at radius 2 is 1.83 bits per heavy atom. The summed E-state index contributed by atoms with van der Waals surface area (Å²) in [5.74, 6) is -6.50. The molecule has 12 N–H and O–H groups in total. The van der Waals surface area contributed by atoms with Gasteiger partial charge in [-0.2, -0.15) is 0 Å². The largest absolute Gasteiger partial charge is 0.477 e. The van der Waals surface area contributed by atoms with Crippen molar-refractivity contribution in [2.45, 2.75) is 107 Å². The van der Waals surface area contributed by atoms with E-state index in [9.17, 15) is 45.3 Å². The van der Waals surface area contributed by atoms with Crippen molar-refractivity contribution in [2.75, 3.05) is 53.2 Å². The van der Waals surface area contributed by atoms with Gasteiger partial charge >= 0.3 is 11.9 Å². The summed E-state index contributed by atoms with van der Waals surface area (Å²) in [4.78, 5) is 31.6. The third-order valence-electron chi connectivity index (χ3n) is 11.1. The van der Waals surface area contributed by atoms with E-state index in [-0.39, 0.29) is 68.5 Å². The zero-order valence-electron chi connectivity index (χ0n) is 33.5. The lowest BCUT2D eigenvalue weighted by Crippen LogP contribution is -3.09. The van der Waals surface area contributed by atoms with Crippen molar-refractivity contribution in [2.24, 2.45) is 22.6 Å². The van der Waals surface area contributed by atoms with Crippen molar-refractivity contribution in [1.82, 2.24) is 10.6 Å². The predicted molar refractivity (Wildman–Crippen MR) is 209 cm³/mol. The number of quaternary nitrogens is 1. The molecule has 0 bridgehead atoms. The number of nitrogens with zero attached hydrogens (tertiary/aromatic N) is 1. The van der Waals surface area contributed by atoms with Crippen LogP contribution in [0.5, 0.6) is 0 Å². The van der Waals surface area contributed by atoms with Crippen LogP contribution in [0.2, 0.25) is 0 Å². The Bertz CT molecular complexity index is 1610. The molecule has 1 saturated heterocycles. The number of guanidine groups is 1. The maximum atomic E-state index is 14.1. The summed E-state index contributed by atoms with van der Waals surface area (Å²) in [6.07, 6.45) is 7.91. The van der Waals surface area contributed by atoms with Gasteiger partial charge < -0.3 is 75.4 Å². The Kier molecular flexibility index (Phi) is 17.4.